The molecule has 0 bridgehead atoms. The number of nitrogens with zero attached hydrogens (tertiary/aromatic N) is 1. The number of likely N-dealkylation sites (tertiary alicyclic amines) is 1. The fourth-order valence-electron chi connectivity index (χ4n) is 3.47. The van der Waals surface area contributed by atoms with Crippen molar-refractivity contribution >= 4 is 23.4 Å². The maximum Gasteiger partial charge on any atom is 0.303 e. The zero-order valence-corrected chi connectivity index (χ0v) is 16.4. The van der Waals surface area contributed by atoms with Crippen molar-refractivity contribution in [3.63, 3.8) is 0 Å². The molecule has 2 aromatic rings. The number of carboxylic acid groups (broad SMARTS) is 1. The summed E-state index contributed by atoms with van der Waals surface area (Å²) in [5.74, 6) is -2.68. The van der Waals surface area contributed by atoms with Crippen LogP contribution in [0.2, 0.25) is 0 Å². The van der Waals surface area contributed by atoms with Crippen molar-refractivity contribution in [2.45, 2.75) is 32.7 Å². The Kier molecular flexibility index (Phi) is 5.82. The van der Waals surface area contributed by atoms with Crippen LogP contribution in [0.15, 0.2) is 54.1 Å². The molecule has 1 fully saturated rings. The van der Waals surface area contributed by atoms with E-state index in [9.17, 15) is 19.5 Å². The van der Waals surface area contributed by atoms with E-state index in [1.807, 2.05) is 50.2 Å². The molecule has 6 heteroatoms. The third kappa shape index (κ3) is 4.21. The number of ketones is 1. The van der Waals surface area contributed by atoms with Gasteiger partial charge in [-0.3, -0.25) is 14.4 Å². The number of aliphatic hydroxyl groups is 1. The molecule has 0 aromatic heterocycles. The minimum atomic E-state index is -0.965. The Labute approximate surface area is 169 Å². The molecule has 2 N–H and O–H groups in total. The van der Waals surface area contributed by atoms with Crippen molar-refractivity contribution in [1.82, 2.24) is 4.90 Å². The van der Waals surface area contributed by atoms with Gasteiger partial charge in [0.15, 0.2) is 0 Å². The van der Waals surface area contributed by atoms with Crippen LogP contribution >= 0.6 is 0 Å². The Morgan fingerprint density at radius 1 is 0.931 bits per heavy atom. The number of hydrogen-bond donors (Lipinski definition) is 2. The van der Waals surface area contributed by atoms with E-state index in [-0.39, 0.29) is 30.7 Å². The first-order valence-electron chi connectivity index (χ1n) is 9.43. The van der Waals surface area contributed by atoms with Gasteiger partial charge >= 0.3 is 5.97 Å². The van der Waals surface area contributed by atoms with E-state index in [0.29, 0.717) is 11.1 Å². The summed E-state index contributed by atoms with van der Waals surface area (Å²) < 4.78 is 0. The molecule has 1 unspecified atom stereocenters. The lowest BCUT2D eigenvalue weighted by molar-refractivity contribution is -0.140. The van der Waals surface area contributed by atoms with Crippen molar-refractivity contribution in [1.29, 1.82) is 0 Å². The highest BCUT2D eigenvalue weighted by molar-refractivity contribution is 6.46. The molecule has 1 saturated heterocycles. The second kappa shape index (κ2) is 8.31. The summed E-state index contributed by atoms with van der Waals surface area (Å²) in [4.78, 5) is 37.8. The van der Waals surface area contributed by atoms with Crippen LogP contribution in [0.4, 0.5) is 0 Å². The molecule has 1 amide bonds. The summed E-state index contributed by atoms with van der Waals surface area (Å²) in [6.45, 7) is 3.96. The van der Waals surface area contributed by atoms with Crippen molar-refractivity contribution < 1.29 is 24.6 Å². The number of aliphatic carboxylic acids is 1. The Balaban J connectivity index is 2.08. The number of Topliss-reactive ketones (excluding diaryl/α,β-unsaturated/α-hetero) is 1. The van der Waals surface area contributed by atoms with Crippen LogP contribution < -0.4 is 0 Å². The minimum Gasteiger partial charge on any atom is -0.507 e. The van der Waals surface area contributed by atoms with Crippen molar-refractivity contribution in [2.24, 2.45) is 0 Å². The molecular weight excluding hydrogens is 370 g/mol. The number of hydrogen-bond acceptors (Lipinski definition) is 4. The molecule has 6 nitrogen and oxygen atoms in total. The molecule has 0 saturated carbocycles. The van der Waals surface area contributed by atoms with Crippen LogP contribution in [0, 0.1) is 13.8 Å². The first-order chi connectivity index (χ1) is 13.8. The molecule has 1 aliphatic heterocycles. The topological polar surface area (TPSA) is 94.9 Å². The van der Waals surface area contributed by atoms with Gasteiger partial charge < -0.3 is 15.1 Å². The van der Waals surface area contributed by atoms with Gasteiger partial charge in [0, 0.05) is 18.5 Å². The normalized spacial score (nSPS) is 18.3. The summed E-state index contributed by atoms with van der Waals surface area (Å²) in [7, 11) is 0. The van der Waals surface area contributed by atoms with E-state index in [0.717, 1.165) is 11.1 Å². The number of rotatable bonds is 6. The highest BCUT2D eigenvalue weighted by Crippen LogP contribution is 2.39. The van der Waals surface area contributed by atoms with E-state index < -0.39 is 23.7 Å². The lowest BCUT2D eigenvalue weighted by atomic mass is 9.94. The lowest BCUT2D eigenvalue weighted by Gasteiger charge is -2.25. The molecule has 0 spiro atoms. The fraction of sp³-hybridized carbons (Fsp3) is 0.261. The Morgan fingerprint density at radius 3 is 2.03 bits per heavy atom. The van der Waals surface area contributed by atoms with E-state index in [4.69, 9.17) is 5.11 Å². The van der Waals surface area contributed by atoms with Crippen LogP contribution in [0.1, 0.15) is 41.1 Å². The number of benzene rings is 2. The van der Waals surface area contributed by atoms with E-state index >= 15 is 0 Å². The molecule has 1 atom stereocenters. The first-order valence-corrected chi connectivity index (χ1v) is 9.43. The third-order valence-electron chi connectivity index (χ3n) is 5.05. The molecule has 0 aliphatic carbocycles. The molecule has 29 heavy (non-hydrogen) atoms. The summed E-state index contributed by atoms with van der Waals surface area (Å²) >= 11 is 0. The second-order valence-corrected chi connectivity index (χ2v) is 7.27. The lowest BCUT2D eigenvalue weighted by Crippen LogP contribution is -2.31. The molecule has 1 aliphatic rings. The smallest absolute Gasteiger partial charge is 0.303 e. The monoisotopic (exact) mass is 393 g/mol. The maximum absolute atomic E-state index is 12.8. The zero-order valence-electron chi connectivity index (χ0n) is 16.4. The average molecular weight is 393 g/mol. The molecule has 150 valence electrons. The number of carbonyl (C=O) groups is 3. The molecule has 3 rings (SSSR count). The highest BCUT2D eigenvalue weighted by Gasteiger charge is 2.45. The van der Waals surface area contributed by atoms with E-state index in [2.05, 4.69) is 0 Å². The van der Waals surface area contributed by atoms with Gasteiger partial charge in [-0.05, 0) is 25.8 Å². The average Bonchev–Trinajstić information content (AvgIpc) is 2.93. The fourth-order valence-corrected chi connectivity index (χ4v) is 3.47. The van der Waals surface area contributed by atoms with Crippen LogP contribution in [-0.4, -0.2) is 39.3 Å². The summed E-state index contributed by atoms with van der Waals surface area (Å²) in [5, 5.41) is 19.8. The molecule has 1 heterocycles. The Morgan fingerprint density at radius 2 is 1.48 bits per heavy atom. The largest absolute Gasteiger partial charge is 0.507 e. The third-order valence-corrected chi connectivity index (χ3v) is 5.05. The number of carboxylic acids is 1. The summed E-state index contributed by atoms with van der Waals surface area (Å²) in [6.07, 6.45) is 0.108. The van der Waals surface area contributed by atoms with Gasteiger partial charge in [0.2, 0.25) is 0 Å². The number of carbonyl (C=O) groups excluding carboxylic acids is 2. The van der Waals surface area contributed by atoms with Gasteiger partial charge in [0.1, 0.15) is 5.76 Å². The second-order valence-electron chi connectivity index (χ2n) is 7.27. The van der Waals surface area contributed by atoms with E-state index in [1.54, 1.807) is 12.1 Å². The SMILES string of the molecule is Cc1ccc(/C(O)=C2/C(=O)C(=O)N(CCCC(=O)O)C2c2ccc(C)cc2)cc1. The number of aliphatic hydroxyl groups excluding tert-OH is 1. The minimum absolute atomic E-state index is 0.0260. The van der Waals surface area contributed by atoms with Gasteiger partial charge in [-0.25, -0.2) is 0 Å². The summed E-state index contributed by atoms with van der Waals surface area (Å²) in [6, 6.07) is 13.7. The van der Waals surface area contributed by atoms with Crippen LogP contribution in [0.5, 0.6) is 0 Å². The standard InChI is InChI=1S/C23H23NO5/c1-14-5-9-16(10-6-14)20-19(21(27)17-11-7-15(2)8-12-17)22(28)23(29)24(20)13-3-4-18(25)26/h5-12,20,27H,3-4,13H2,1-2H3,(H,25,26)/b21-19-. The Bertz CT molecular complexity index is 973. The highest BCUT2D eigenvalue weighted by atomic mass is 16.4. The number of aryl methyl sites for hydroxylation is 2. The van der Waals surface area contributed by atoms with Crippen molar-refractivity contribution in [2.75, 3.05) is 6.54 Å². The van der Waals surface area contributed by atoms with Gasteiger partial charge in [-0.15, -0.1) is 0 Å². The van der Waals surface area contributed by atoms with Crippen molar-refractivity contribution in [3.05, 3.63) is 76.4 Å². The zero-order chi connectivity index (χ0) is 21.1. The van der Waals surface area contributed by atoms with Gasteiger partial charge in [-0.1, -0.05) is 59.7 Å². The summed E-state index contributed by atoms with van der Waals surface area (Å²) in [5.41, 5.74) is 3.20. The molecular formula is C23H23NO5. The molecule has 0 radical (unpaired) electrons. The van der Waals surface area contributed by atoms with Crippen LogP contribution in [-0.2, 0) is 14.4 Å². The predicted molar refractivity (Wildman–Crippen MR) is 108 cm³/mol. The first kappa shape index (κ1) is 20.3. The predicted octanol–water partition coefficient (Wildman–Crippen LogP) is 3.59. The van der Waals surface area contributed by atoms with Crippen LogP contribution in [0.25, 0.3) is 5.76 Å². The van der Waals surface area contributed by atoms with Gasteiger partial charge in [0.05, 0.1) is 11.6 Å². The Hall–Kier alpha value is -3.41. The van der Waals surface area contributed by atoms with Gasteiger partial charge in [-0.2, -0.15) is 0 Å². The quantitative estimate of drug-likeness (QED) is 0.444. The van der Waals surface area contributed by atoms with Crippen LogP contribution in [0.3, 0.4) is 0 Å². The van der Waals surface area contributed by atoms with Gasteiger partial charge in [0.25, 0.3) is 11.7 Å². The molecule has 2 aromatic carbocycles. The maximum atomic E-state index is 12.8. The van der Waals surface area contributed by atoms with E-state index in [1.165, 1.54) is 4.90 Å². The number of amides is 1. The van der Waals surface area contributed by atoms with Crippen molar-refractivity contribution in [3.8, 4) is 0 Å².